The van der Waals surface area contributed by atoms with E-state index in [-0.39, 0.29) is 5.82 Å². The first-order chi connectivity index (χ1) is 16.4. The van der Waals surface area contributed by atoms with E-state index in [1.165, 1.54) is 28.8 Å². The van der Waals surface area contributed by atoms with Crippen LogP contribution in [0.1, 0.15) is 49.1 Å². The highest BCUT2D eigenvalue weighted by Gasteiger charge is 2.25. The molecule has 1 fully saturated rings. The van der Waals surface area contributed by atoms with Gasteiger partial charge in [-0.15, -0.1) is 0 Å². The maximum Gasteiger partial charge on any atom is 0.137 e. The van der Waals surface area contributed by atoms with E-state index in [0.717, 1.165) is 63.0 Å². The fourth-order valence-corrected chi connectivity index (χ4v) is 4.61. The monoisotopic (exact) mass is 463 g/mol. The summed E-state index contributed by atoms with van der Waals surface area (Å²) in [5.41, 5.74) is 5.90. The van der Waals surface area contributed by atoms with Crippen molar-refractivity contribution in [1.29, 1.82) is 0 Å². The molecule has 0 spiro atoms. The molecule has 0 atom stereocenters. The second-order valence-electron chi connectivity index (χ2n) is 9.77. The number of rotatable bonds is 8. The zero-order valence-corrected chi connectivity index (χ0v) is 21.3. The first-order valence-corrected chi connectivity index (χ1v) is 12.4. The van der Waals surface area contributed by atoms with Crippen molar-refractivity contribution < 1.29 is 4.39 Å². The van der Waals surface area contributed by atoms with Gasteiger partial charge in [0.15, 0.2) is 0 Å². The van der Waals surface area contributed by atoms with Crippen LogP contribution < -0.4 is 4.90 Å². The molecule has 0 amide bonds. The standard InChI is InChI=1S/C28H38FN5/c1-6-32(19-23-7-9-24(10-8-23)21(2)3)20-27-22(4)30-34(26-13-11-25(29)12-14-26)28(27)33-17-15-31(5)16-18-33/h7-14,21H,6,15-20H2,1-5H3. The zero-order chi connectivity index (χ0) is 24.2. The number of piperazine rings is 1. The van der Waals surface area contributed by atoms with Crippen molar-refractivity contribution in [2.75, 3.05) is 44.7 Å². The molecule has 34 heavy (non-hydrogen) atoms. The number of hydrogen-bond acceptors (Lipinski definition) is 4. The minimum absolute atomic E-state index is 0.227. The fourth-order valence-electron chi connectivity index (χ4n) is 4.61. The van der Waals surface area contributed by atoms with Gasteiger partial charge < -0.3 is 9.80 Å². The van der Waals surface area contributed by atoms with Gasteiger partial charge in [-0.2, -0.15) is 5.10 Å². The van der Waals surface area contributed by atoms with E-state index in [9.17, 15) is 4.39 Å². The first-order valence-electron chi connectivity index (χ1n) is 12.4. The smallest absolute Gasteiger partial charge is 0.137 e. The van der Waals surface area contributed by atoms with Crippen LogP contribution in [0.15, 0.2) is 48.5 Å². The van der Waals surface area contributed by atoms with Crippen LogP contribution in [0.2, 0.25) is 0 Å². The van der Waals surface area contributed by atoms with Gasteiger partial charge >= 0.3 is 0 Å². The molecule has 0 N–H and O–H groups in total. The molecule has 3 aromatic rings. The van der Waals surface area contributed by atoms with Crippen molar-refractivity contribution in [3.8, 4) is 5.69 Å². The Morgan fingerprint density at radius 2 is 1.59 bits per heavy atom. The molecule has 182 valence electrons. The quantitative estimate of drug-likeness (QED) is 0.458. The van der Waals surface area contributed by atoms with Crippen LogP contribution in [-0.2, 0) is 13.1 Å². The van der Waals surface area contributed by atoms with Crippen LogP contribution in [0.25, 0.3) is 5.69 Å². The number of hydrogen-bond donors (Lipinski definition) is 0. The highest BCUT2D eigenvalue weighted by molar-refractivity contribution is 5.56. The normalized spacial score (nSPS) is 15.0. The maximum absolute atomic E-state index is 13.6. The molecule has 1 aliphatic rings. The second-order valence-corrected chi connectivity index (χ2v) is 9.77. The molecule has 1 aliphatic heterocycles. The van der Waals surface area contributed by atoms with Crippen molar-refractivity contribution in [2.24, 2.45) is 0 Å². The predicted molar refractivity (Wildman–Crippen MR) is 138 cm³/mol. The lowest BCUT2D eigenvalue weighted by molar-refractivity contribution is 0.270. The molecule has 6 heteroatoms. The van der Waals surface area contributed by atoms with Crippen molar-refractivity contribution in [3.05, 3.63) is 76.7 Å². The molecule has 4 rings (SSSR count). The average molecular weight is 464 g/mol. The Balaban J connectivity index is 1.64. The van der Waals surface area contributed by atoms with Crippen LogP contribution in [-0.4, -0.2) is 59.4 Å². The number of benzene rings is 2. The Labute approximate surface area is 203 Å². The number of aryl methyl sites for hydroxylation is 1. The lowest BCUT2D eigenvalue weighted by Gasteiger charge is -2.35. The summed E-state index contributed by atoms with van der Waals surface area (Å²) in [5, 5.41) is 4.94. The molecule has 2 heterocycles. The highest BCUT2D eigenvalue weighted by Crippen LogP contribution is 2.30. The van der Waals surface area contributed by atoms with Crippen molar-refractivity contribution in [1.82, 2.24) is 19.6 Å². The Morgan fingerprint density at radius 1 is 0.941 bits per heavy atom. The average Bonchev–Trinajstić information content (AvgIpc) is 3.15. The van der Waals surface area contributed by atoms with Gasteiger partial charge in [-0.25, -0.2) is 9.07 Å². The van der Waals surface area contributed by atoms with Gasteiger partial charge in [-0.3, -0.25) is 4.90 Å². The number of anilines is 1. The molecule has 1 aromatic heterocycles. The van der Waals surface area contributed by atoms with Gasteiger partial charge in [-0.05, 0) is 61.8 Å². The van der Waals surface area contributed by atoms with Gasteiger partial charge in [0.25, 0.3) is 0 Å². The van der Waals surface area contributed by atoms with E-state index in [1.807, 2.05) is 16.8 Å². The topological polar surface area (TPSA) is 27.5 Å². The molecule has 0 aliphatic carbocycles. The Hall–Kier alpha value is -2.70. The van der Waals surface area contributed by atoms with Crippen molar-refractivity contribution in [2.45, 2.75) is 46.7 Å². The number of halogens is 1. The molecule has 0 bridgehead atoms. The molecular formula is C28H38FN5. The summed E-state index contributed by atoms with van der Waals surface area (Å²) >= 11 is 0. The number of nitrogens with zero attached hydrogens (tertiary/aromatic N) is 5. The Kier molecular flexibility index (Phi) is 7.69. The summed E-state index contributed by atoms with van der Waals surface area (Å²) in [4.78, 5) is 7.29. The molecule has 1 saturated heterocycles. The third-order valence-corrected chi connectivity index (χ3v) is 6.91. The highest BCUT2D eigenvalue weighted by atomic mass is 19.1. The lowest BCUT2D eigenvalue weighted by atomic mass is 10.0. The molecule has 0 saturated carbocycles. The third kappa shape index (κ3) is 5.50. The second kappa shape index (κ2) is 10.7. The summed E-state index contributed by atoms with van der Waals surface area (Å²) < 4.78 is 15.6. The molecule has 2 aromatic carbocycles. The number of aromatic nitrogens is 2. The van der Waals surface area contributed by atoms with Gasteiger partial charge in [0, 0.05) is 44.8 Å². The zero-order valence-electron chi connectivity index (χ0n) is 21.3. The fraction of sp³-hybridized carbons (Fsp3) is 0.464. The minimum Gasteiger partial charge on any atom is -0.354 e. The van der Waals surface area contributed by atoms with Crippen LogP contribution in [0.5, 0.6) is 0 Å². The van der Waals surface area contributed by atoms with Gasteiger partial charge in [0.2, 0.25) is 0 Å². The SMILES string of the molecule is CCN(Cc1ccc(C(C)C)cc1)Cc1c(C)nn(-c2ccc(F)cc2)c1N1CCN(C)CC1. The van der Waals surface area contributed by atoms with Crippen molar-refractivity contribution in [3.63, 3.8) is 0 Å². The van der Waals surface area contributed by atoms with Gasteiger partial charge in [0.05, 0.1) is 11.4 Å². The molecule has 0 unspecified atom stereocenters. The van der Waals surface area contributed by atoms with Crippen LogP contribution >= 0.6 is 0 Å². The number of likely N-dealkylation sites (N-methyl/N-ethyl adjacent to an activating group) is 1. The predicted octanol–water partition coefficient (Wildman–Crippen LogP) is 5.22. The van der Waals surface area contributed by atoms with E-state index in [4.69, 9.17) is 5.10 Å². The van der Waals surface area contributed by atoms with E-state index in [0.29, 0.717) is 5.92 Å². The van der Waals surface area contributed by atoms with Gasteiger partial charge in [-0.1, -0.05) is 45.0 Å². The molecule has 0 radical (unpaired) electrons. The van der Waals surface area contributed by atoms with Gasteiger partial charge in [0.1, 0.15) is 11.6 Å². The van der Waals surface area contributed by atoms with E-state index >= 15 is 0 Å². The maximum atomic E-state index is 13.6. The largest absolute Gasteiger partial charge is 0.354 e. The van der Waals surface area contributed by atoms with Crippen molar-refractivity contribution >= 4 is 5.82 Å². The van der Waals surface area contributed by atoms with Crippen LogP contribution in [0, 0.1) is 12.7 Å². The van der Waals surface area contributed by atoms with E-state index in [1.54, 1.807) is 0 Å². The summed E-state index contributed by atoms with van der Waals surface area (Å²) in [6.45, 7) is 15.4. The Morgan fingerprint density at radius 3 is 2.18 bits per heavy atom. The molecular weight excluding hydrogens is 425 g/mol. The summed E-state index contributed by atoms with van der Waals surface area (Å²) in [6, 6.07) is 15.7. The lowest BCUT2D eigenvalue weighted by Crippen LogP contribution is -2.45. The van der Waals surface area contributed by atoms with Crippen LogP contribution in [0.3, 0.4) is 0 Å². The first kappa shape index (κ1) is 24.4. The Bertz CT molecular complexity index is 1060. The third-order valence-electron chi connectivity index (χ3n) is 6.91. The van der Waals surface area contributed by atoms with E-state index < -0.39 is 0 Å². The summed E-state index contributed by atoms with van der Waals surface area (Å²) in [5.74, 6) is 1.46. The summed E-state index contributed by atoms with van der Waals surface area (Å²) in [6.07, 6.45) is 0. The minimum atomic E-state index is -0.227. The molecule has 5 nitrogen and oxygen atoms in total. The van der Waals surface area contributed by atoms with Crippen LogP contribution in [0.4, 0.5) is 10.2 Å². The van der Waals surface area contributed by atoms with E-state index in [2.05, 4.69) is 73.7 Å². The summed E-state index contributed by atoms with van der Waals surface area (Å²) in [7, 11) is 2.17.